The number of benzene rings is 4. The Balaban J connectivity index is 1.26. The molecule has 3 saturated heterocycles. The maximum Gasteiger partial charge on any atom is 0.248 e. The number of ether oxygens (including phenoxy) is 1. The predicted molar refractivity (Wildman–Crippen MR) is 181 cm³/mol. The molecule has 3 amide bonds. The first-order chi connectivity index (χ1) is 22.3. The minimum absolute atomic E-state index is 0.0153. The molecule has 7 rings (SSSR count). The molecule has 4 aromatic rings. The number of carbonyl (C=O) groups is 3. The predicted octanol–water partition coefficient (Wildman–Crippen LogP) is 5.89. The summed E-state index contributed by atoms with van der Waals surface area (Å²) < 4.78 is 4.70. The van der Waals surface area contributed by atoms with Crippen molar-refractivity contribution in [3.63, 3.8) is 0 Å². The first kappa shape index (κ1) is 30.3. The normalized spacial score (nSPS) is 27.0. The van der Waals surface area contributed by atoms with Gasteiger partial charge in [-0.15, -0.1) is 11.8 Å². The quantitative estimate of drug-likeness (QED) is 0.212. The zero-order valence-electron chi connectivity index (χ0n) is 25.8. The van der Waals surface area contributed by atoms with E-state index in [9.17, 15) is 19.5 Å². The van der Waals surface area contributed by atoms with Crippen LogP contribution >= 0.6 is 11.8 Å². The lowest BCUT2D eigenvalue weighted by Crippen LogP contribution is -2.55. The van der Waals surface area contributed by atoms with E-state index in [0.29, 0.717) is 30.2 Å². The number of likely N-dealkylation sites (tertiary alicyclic amines) is 1. The first-order valence-electron chi connectivity index (χ1n) is 15.8. The van der Waals surface area contributed by atoms with Crippen LogP contribution < -0.4 is 15.4 Å². The van der Waals surface area contributed by atoms with Gasteiger partial charge in [-0.2, -0.15) is 0 Å². The van der Waals surface area contributed by atoms with Gasteiger partial charge < -0.3 is 25.4 Å². The maximum atomic E-state index is 14.7. The number of fused-ring (bicyclic) bond motifs is 2. The van der Waals surface area contributed by atoms with Crippen molar-refractivity contribution in [2.24, 2.45) is 17.8 Å². The SMILES string of the molecule is CCOc1ccc(NC(=O)[C@@H]2[C@@H]3CC(C)C4(S3)C(C(=O)Nc3ccc5ccccc5c3)N([C@H](CO)c3ccccc3)C(=O)[C@H]24)cc1. The Morgan fingerprint density at radius 2 is 1.61 bits per heavy atom. The van der Waals surface area contributed by atoms with Crippen LogP contribution in [0.3, 0.4) is 0 Å². The zero-order valence-corrected chi connectivity index (χ0v) is 26.6. The molecular formula is C37H37N3O5S. The standard InChI is InChI=1S/C37H37N3O5S/c1-3-45-28-17-15-26(16-18-28)38-34(42)31-30-19-22(2)37(46-30)32(31)36(44)40(29(21-41)24-10-5-4-6-11-24)33(37)35(43)39-27-14-13-23-9-7-8-12-25(23)20-27/h4-18,20,22,29-33,41H,3,19,21H2,1-2H3,(H,38,42)(H,39,43)/t22?,29-,30+,31-,32+,33?,37?/m1/s1. The average Bonchev–Trinajstić information content (AvgIpc) is 3.66. The summed E-state index contributed by atoms with van der Waals surface area (Å²) in [6.45, 7) is 4.18. The smallest absolute Gasteiger partial charge is 0.248 e. The Kier molecular flexibility index (Phi) is 7.98. The van der Waals surface area contributed by atoms with E-state index in [0.717, 1.165) is 16.3 Å². The summed E-state index contributed by atoms with van der Waals surface area (Å²) in [6, 6.07) is 28.6. The van der Waals surface area contributed by atoms with Gasteiger partial charge in [-0.05, 0) is 72.0 Å². The van der Waals surface area contributed by atoms with Crippen LogP contribution in [0.5, 0.6) is 5.75 Å². The van der Waals surface area contributed by atoms with Crippen LogP contribution in [0.4, 0.5) is 11.4 Å². The molecule has 0 saturated carbocycles. The number of hydrogen-bond acceptors (Lipinski definition) is 6. The fourth-order valence-electron chi connectivity index (χ4n) is 7.93. The van der Waals surface area contributed by atoms with E-state index in [1.165, 1.54) is 0 Å². The summed E-state index contributed by atoms with van der Waals surface area (Å²) in [6.07, 6.45) is 0.707. The van der Waals surface area contributed by atoms with Gasteiger partial charge in [0.05, 0.1) is 35.8 Å². The Morgan fingerprint density at radius 1 is 0.935 bits per heavy atom. The molecule has 3 aliphatic heterocycles. The third kappa shape index (κ3) is 4.93. The van der Waals surface area contributed by atoms with E-state index in [1.54, 1.807) is 40.9 Å². The Hall–Kier alpha value is -4.34. The van der Waals surface area contributed by atoms with Crippen LogP contribution in [0.2, 0.25) is 0 Å². The molecule has 3 aliphatic rings. The molecule has 3 heterocycles. The number of amides is 3. The van der Waals surface area contributed by atoms with Gasteiger partial charge in [-0.3, -0.25) is 14.4 Å². The molecule has 0 aromatic heterocycles. The van der Waals surface area contributed by atoms with E-state index >= 15 is 0 Å². The molecule has 46 heavy (non-hydrogen) atoms. The Bertz CT molecular complexity index is 1780. The molecule has 4 aromatic carbocycles. The van der Waals surface area contributed by atoms with Crippen LogP contribution in [0.25, 0.3) is 10.8 Å². The van der Waals surface area contributed by atoms with Gasteiger partial charge in [0.2, 0.25) is 17.7 Å². The number of hydrogen-bond donors (Lipinski definition) is 3. The van der Waals surface area contributed by atoms with E-state index in [1.807, 2.05) is 79.7 Å². The maximum absolute atomic E-state index is 14.7. The second-order valence-corrected chi connectivity index (χ2v) is 14.0. The number of carbonyl (C=O) groups excluding carboxylic acids is 3. The fourth-order valence-corrected chi connectivity index (χ4v) is 10.3. The lowest BCUT2D eigenvalue weighted by Gasteiger charge is -2.40. The second kappa shape index (κ2) is 12.1. The summed E-state index contributed by atoms with van der Waals surface area (Å²) >= 11 is 1.61. The van der Waals surface area contributed by atoms with Crippen LogP contribution in [0, 0.1) is 17.8 Å². The van der Waals surface area contributed by atoms with Crippen molar-refractivity contribution in [1.29, 1.82) is 0 Å². The molecule has 7 atom stereocenters. The number of nitrogens with zero attached hydrogens (tertiary/aromatic N) is 1. The van der Waals surface area contributed by atoms with Crippen molar-refractivity contribution in [1.82, 2.24) is 4.90 Å². The third-order valence-corrected chi connectivity index (χ3v) is 12.0. The number of thioether (sulfide) groups is 1. The molecule has 0 aliphatic carbocycles. The highest BCUT2D eigenvalue weighted by Gasteiger charge is 2.76. The molecule has 0 radical (unpaired) electrons. The molecule has 3 unspecified atom stereocenters. The number of anilines is 2. The number of nitrogens with one attached hydrogen (secondary N) is 2. The molecular weight excluding hydrogens is 598 g/mol. The minimum Gasteiger partial charge on any atom is -0.494 e. The van der Waals surface area contributed by atoms with Gasteiger partial charge in [0.15, 0.2) is 0 Å². The molecule has 2 bridgehead atoms. The van der Waals surface area contributed by atoms with Crippen LogP contribution in [0.1, 0.15) is 31.9 Å². The highest BCUT2D eigenvalue weighted by atomic mass is 32.2. The number of aliphatic hydroxyl groups is 1. The minimum atomic E-state index is -0.901. The van der Waals surface area contributed by atoms with Crippen molar-refractivity contribution in [2.75, 3.05) is 23.8 Å². The van der Waals surface area contributed by atoms with Gasteiger partial charge in [0, 0.05) is 16.6 Å². The Labute approximate surface area is 272 Å². The van der Waals surface area contributed by atoms with Crippen LogP contribution in [-0.4, -0.2) is 57.0 Å². The van der Waals surface area contributed by atoms with Crippen molar-refractivity contribution in [2.45, 2.75) is 42.3 Å². The number of rotatable bonds is 9. The molecule has 8 nitrogen and oxygen atoms in total. The second-order valence-electron chi connectivity index (χ2n) is 12.4. The topological polar surface area (TPSA) is 108 Å². The molecule has 9 heteroatoms. The van der Waals surface area contributed by atoms with Crippen molar-refractivity contribution < 1.29 is 24.2 Å². The molecule has 236 valence electrons. The summed E-state index contributed by atoms with van der Waals surface area (Å²) in [7, 11) is 0. The average molecular weight is 636 g/mol. The van der Waals surface area contributed by atoms with Crippen molar-refractivity contribution in [3.05, 3.63) is 103 Å². The Morgan fingerprint density at radius 3 is 2.33 bits per heavy atom. The van der Waals surface area contributed by atoms with Crippen molar-refractivity contribution >= 4 is 51.6 Å². The van der Waals surface area contributed by atoms with E-state index in [2.05, 4.69) is 17.6 Å². The summed E-state index contributed by atoms with van der Waals surface area (Å²) in [5.41, 5.74) is 1.99. The van der Waals surface area contributed by atoms with Gasteiger partial charge in [0.25, 0.3) is 0 Å². The summed E-state index contributed by atoms with van der Waals surface area (Å²) in [5, 5.41) is 18.9. The first-order valence-corrected chi connectivity index (χ1v) is 16.7. The molecule has 1 spiro atoms. The van der Waals surface area contributed by atoms with E-state index < -0.39 is 28.7 Å². The van der Waals surface area contributed by atoms with Crippen LogP contribution in [-0.2, 0) is 14.4 Å². The summed E-state index contributed by atoms with van der Waals surface area (Å²) in [4.78, 5) is 44.9. The summed E-state index contributed by atoms with van der Waals surface area (Å²) in [5.74, 6) is -1.47. The van der Waals surface area contributed by atoms with Crippen LogP contribution in [0.15, 0.2) is 97.1 Å². The zero-order chi connectivity index (χ0) is 32.0. The highest BCUT2D eigenvalue weighted by molar-refractivity contribution is 8.02. The van der Waals surface area contributed by atoms with Crippen molar-refractivity contribution in [3.8, 4) is 5.75 Å². The van der Waals surface area contributed by atoms with Gasteiger partial charge >= 0.3 is 0 Å². The lowest BCUT2D eigenvalue weighted by molar-refractivity contribution is -0.141. The van der Waals surface area contributed by atoms with E-state index in [4.69, 9.17) is 4.74 Å². The number of aliphatic hydroxyl groups excluding tert-OH is 1. The highest BCUT2D eigenvalue weighted by Crippen LogP contribution is 2.69. The van der Waals surface area contributed by atoms with Gasteiger partial charge in [0.1, 0.15) is 11.8 Å². The molecule has 3 N–H and O–H groups in total. The van der Waals surface area contributed by atoms with Gasteiger partial charge in [-0.25, -0.2) is 0 Å². The monoisotopic (exact) mass is 635 g/mol. The largest absolute Gasteiger partial charge is 0.494 e. The van der Waals surface area contributed by atoms with Gasteiger partial charge in [-0.1, -0.05) is 67.6 Å². The third-order valence-electron chi connectivity index (χ3n) is 9.88. The van der Waals surface area contributed by atoms with E-state index in [-0.39, 0.29) is 35.5 Å². The lowest BCUT2D eigenvalue weighted by atomic mass is 9.66. The fraction of sp³-hybridized carbons (Fsp3) is 0.324. The molecule has 3 fully saturated rings.